The van der Waals surface area contributed by atoms with E-state index in [1.54, 1.807) is 31.4 Å². The Morgan fingerprint density at radius 3 is 2.30 bits per heavy atom. The number of hydrogen-bond donors (Lipinski definition) is 3. The Kier molecular flexibility index (Phi) is 5.57. The molecule has 0 bridgehead atoms. The lowest BCUT2D eigenvalue weighted by atomic mass is 10.1. The predicted molar refractivity (Wildman–Crippen MR) is 86.7 cm³/mol. The van der Waals surface area contributed by atoms with Gasteiger partial charge in [-0.3, -0.25) is 0 Å². The summed E-state index contributed by atoms with van der Waals surface area (Å²) >= 11 is 0. The number of aliphatic carboxylic acids is 1. The Bertz CT molecular complexity index is 656. The van der Waals surface area contributed by atoms with Gasteiger partial charge in [0, 0.05) is 12.1 Å². The molecule has 2 aromatic carbocycles. The standard InChI is InChI=1S/C17H18N2O4/c1-23-14-9-7-13(8-10-14)18-17(22)19-15(16(20)21)11-12-5-3-2-4-6-12/h2-10,15H,11H2,1H3,(H,20,21)(H2,18,19,22)/t15-/m1/s1. The van der Waals surface area contributed by atoms with Crippen molar-refractivity contribution >= 4 is 17.7 Å². The molecule has 2 amide bonds. The molecule has 0 unspecified atom stereocenters. The number of carboxylic acid groups (broad SMARTS) is 1. The number of methoxy groups -OCH3 is 1. The van der Waals surface area contributed by atoms with Crippen LogP contribution in [0, 0.1) is 0 Å². The molecule has 0 saturated heterocycles. The second-order valence-corrected chi connectivity index (χ2v) is 4.91. The summed E-state index contributed by atoms with van der Waals surface area (Å²) in [5, 5.41) is 14.3. The third kappa shape index (κ3) is 5.03. The molecule has 0 heterocycles. The molecule has 1 atom stereocenters. The summed E-state index contributed by atoms with van der Waals surface area (Å²) in [6, 6.07) is 14.3. The van der Waals surface area contributed by atoms with Crippen LogP contribution in [0.15, 0.2) is 54.6 Å². The van der Waals surface area contributed by atoms with E-state index in [0.29, 0.717) is 11.4 Å². The molecule has 23 heavy (non-hydrogen) atoms. The number of ether oxygens (including phenoxy) is 1. The van der Waals surface area contributed by atoms with Crippen LogP contribution in [0.5, 0.6) is 5.75 Å². The van der Waals surface area contributed by atoms with E-state index >= 15 is 0 Å². The summed E-state index contributed by atoms with van der Waals surface area (Å²) in [6.45, 7) is 0. The van der Waals surface area contributed by atoms with Crippen molar-refractivity contribution in [2.75, 3.05) is 12.4 Å². The smallest absolute Gasteiger partial charge is 0.326 e. The van der Waals surface area contributed by atoms with Gasteiger partial charge in [-0.25, -0.2) is 9.59 Å². The summed E-state index contributed by atoms with van der Waals surface area (Å²) in [5.74, 6) is -0.415. The molecule has 3 N–H and O–H groups in total. The summed E-state index contributed by atoms with van der Waals surface area (Å²) in [4.78, 5) is 23.3. The first-order chi connectivity index (χ1) is 11.1. The molecule has 2 aromatic rings. The highest BCUT2D eigenvalue weighted by atomic mass is 16.5. The maximum atomic E-state index is 12.0. The van der Waals surface area contributed by atoms with E-state index in [1.807, 2.05) is 30.3 Å². The van der Waals surface area contributed by atoms with Gasteiger partial charge in [0.1, 0.15) is 11.8 Å². The van der Waals surface area contributed by atoms with Crippen molar-refractivity contribution in [3.05, 3.63) is 60.2 Å². The molecular weight excluding hydrogens is 296 g/mol. The van der Waals surface area contributed by atoms with Crippen LogP contribution in [0.4, 0.5) is 10.5 Å². The predicted octanol–water partition coefficient (Wildman–Crippen LogP) is 2.51. The minimum Gasteiger partial charge on any atom is -0.497 e. The van der Waals surface area contributed by atoms with Crippen molar-refractivity contribution in [3.8, 4) is 5.75 Å². The van der Waals surface area contributed by atoms with Gasteiger partial charge in [-0.1, -0.05) is 30.3 Å². The number of carbonyl (C=O) groups is 2. The molecule has 0 aliphatic carbocycles. The fraction of sp³-hybridized carbons (Fsp3) is 0.176. The van der Waals surface area contributed by atoms with Gasteiger partial charge in [-0.2, -0.15) is 0 Å². The van der Waals surface area contributed by atoms with Crippen LogP contribution in [-0.2, 0) is 11.2 Å². The van der Waals surface area contributed by atoms with Crippen molar-refractivity contribution < 1.29 is 19.4 Å². The van der Waals surface area contributed by atoms with E-state index in [9.17, 15) is 14.7 Å². The summed E-state index contributed by atoms with van der Waals surface area (Å²) in [5.41, 5.74) is 1.39. The van der Waals surface area contributed by atoms with E-state index in [0.717, 1.165) is 5.56 Å². The highest BCUT2D eigenvalue weighted by Crippen LogP contribution is 2.14. The first kappa shape index (κ1) is 16.4. The second kappa shape index (κ2) is 7.84. The third-order valence-corrected chi connectivity index (χ3v) is 3.23. The first-order valence-electron chi connectivity index (χ1n) is 7.07. The normalized spacial score (nSPS) is 11.3. The zero-order chi connectivity index (χ0) is 16.7. The van der Waals surface area contributed by atoms with Crippen LogP contribution >= 0.6 is 0 Å². The minimum atomic E-state index is -1.08. The number of carboxylic acids is 1. The van der Waals surface area contributed by atoms with E-state index in [1.165, 1.54) is 0 Å². The molecule has 0 fully saturated rings. The zero-order valence-corrected chi connectivity index (χ0v) is 12.7. The molecule has 0 aromatic heterocycles. The topological polar surface area (TPSA) is 87.7 Å². The van der Waals surface area contributed by atoms with Gasteiger partial charge in [0.2, 0.25) is 0 Å². The molecule has 0 aliphatic heterocycles. The number of nitrogens with one attached hydrogen (secondary N) is 2. The maximum Gasteiger partial charge on any atom is 0.326 e. The second-order valence-electron chi connectivity index (χ2n) is 4.91. The van der Waals surface area contributed by atoms with Crippen molar-refractivity contribution in [1.29, 1.82) is 0 Å². The lowest BCUT2D eigenvalue weighted by Crippen LogP contribution is -2.44. The van der Waals surface area contributed by atoms with E-state index in [-0.39, 0.29) is 6.42 Å². The highest BCUT2D eigenvalue weighted by Gasteiger charge is 2.20. The van der Waals surface area contributed by atoms with Gasteiger partial charge < -0.3 is 20.5 Å². The number of urea groups is 1. The first-order valence-corrected chi connectivity index (χ1v) is 7.07. The number of rotatable bonds is 6. The Balaban J connectivity index is 1.96. The average molecular weight is 314 g/mol. The van der Waals surface area contributed by atoms with Crippen LogP contribution in [0.25, 0.3) is 0 Å². The van der Waals surface area contributed by atoms with Gasteiger partial charge in [0.25, 0.3) is 0 Å². The average Bonchev–Trinajstić information content (AvgIpc) is 2.56. The van der Waals surface area contributed by atoms with Gasteiger partial charge in [0.05, 0.1) is 7.11 Å². The highest BCUT2D eigenvalue weighted by molar-refractivity contribution is 5.92. The van der Waals surface area contributed by atoms with Crippen molar-refractivity contribution in [2.45, 2.75) is 12.5 Å². The number of hydrogen-bond acceptors (Lipinski definition) is 3. The van der Waals surface area contributed by atoms with E-state index < -0.39 is 18.0 Å². The molecule has 0 saturated carbocycles. The van der Waals surface area contributed by atoms with Gasteiger partial charge in [0.15, 0.2) is 0 Å². The lowest BCUT2D eigenvalue weighted by molar-refractivity contribution is -0.139. The molecular formula is C17H18N2O4. The SMILES string of the molecule is COc1ccc(NC(=O)N[C@H](Cc2ccccc2)C(=O)O)cc1. The van der Waals surface area contributed by atoms with Crippen LogP contribution < -0.4 is 15.4 Å². The minimum absolute atomic E-state index is 0.214. The van der Waals surface area contributed by atoms with E-state index in [2.05, 4.69) is 10.6 Å². The van der Waals surface area contributed by atoms with Crippen LogP contribution in [0.1, 0.15) is 5.56 Å². The number of anilines is 1. The quantitative estimate of drug-likeness (QED) is 0.764. The van der Waals surface area contributed by atoms with Crippen molar-refractivity contribution in [2.24, 2.45) is 0 Å². The molecule has 6 nitrogen and oxygen atoms in total. The van der Waals surface area contributed by atoms with Gasteiger partial charge in [-0.15, -0.1) is 0 Å². The summed E-state index contributed by atoms with van der Waals surface area (Å²) < 4.78 is 5.03. The number of carbonyl (C=O) groups excluding carboxylic acids is 1. The number of benzene rings is 2. The molecule has 0 spiro atoms. The molecule has 0 aliphatic rings. The van der Waals surface area contributed by atoms with Crippen molar-refractivity contribution in [1.82, 2.24) is 5.32 Å². The van der Waals surface area contributed by atoms with Gasteiger partial charge >= 0.3 is 12.0 Å². The largest absolute Gasteiger partial charge is 0.497 e. The summed E-state index contributed by atoms with van der Waals surface area (Å²) in [6.07, 6.45) is 0.214. The number of amides is 2. The molecule has 2 rings (SSSR count). The lowest BCUT2D eigenvalue weighted by Gasteiger charge is -2.15. The molecule has 0 radical (unpaired) electrons. The Hall–Kier alpha value is -3.02. The maximum absolute atomic E-state index is 12.0. The Labute approximate surface area is 134 Å². The summed E-state index contributed by atoms with van der Waals surface area (Å²) in [7, 11) is 1.55. The van der Waals surface area contributed by atoms with E-state index in [4.69, 9.17) is 4.74 Å². The third-order valence-electron chi connectivity index (χ3n) is 3.23. The van der Waals surface area contributed by atoms with Crippen LogP contribution in [0.3, 0.4) is 0 Å². The molecule has 6 heteroatoms. The van der Waals surface area contributed by atoms with Crippen LogP contribution in [0.2, 0.25) is 0 Å². The fourth-order valence-electron chi connectivity index (χ4n) is 2.05. The van der Waals surface area contributed by atoms with Crippen molar-refractivity contribution in [3.63, 3.8) is 0 Å². The Morgan fingerprint density at radius 1 is 1.09 bits per heavy atom. The monoisotopic (exact) mass is 314 g/mol. The van der Waals surface area contributed by atoms with Crippen LogP contribution in [-0.4, -0.2) is 30.3 Å². The zero-order valence-electron chi connectivity index (χ0n) is 12.7. The Morgan fingerprint density at radius 2 is 1.74 bits per heavy atom. The van der Waals surface area contributed by atoms with Gasteiger partial charge in [-0.05, 0) is 29.8 Å². The molecule has 120 valence electrons. The fourth-order valence-corrected chi connectivity index (χ4v) is 2.05.